The average Bonchev–Trinajstić information content (AvgIpc) is 3.94. The number of likely N-dealkylation sites (tertiary alicyclic amines) is 1. The summed E-state index contributed by atoms with van der Waals surface area (Å²) in [6.45, 7) is 3.45. The van der Waals surface area contributed by atoms with Crippen molar-refractivity contribution in [3.05, 3.63) is 33.8 Å². The first-order valence-electron chi connectivity index (χ1n) is 20.8. The summed E-state index contributed by atoms with van der Waals surface area (Å²) in [5, 5.41) is 18.8. The summed E-state index contributed by atoms with van der Waals surface area (Å²) < 4.78 is 55.4. The molecule has 4 fully saturated rings. The number of amides is 7. The maximum absolute atomic E-state index is 14.6. The molecule has 0 spiro atoms. The van der Waals surface area contributed by atoms with Crippen LogP contribution in [0.15, 0.2) is 18.2 Å². The molecule has 1 aromatic rings. The molecule has 7 amide bonds. The molecular weight excluding hydrogens is 865 g/mol. The zero-order chi connectivity index (χ0) is 46.0. The minimum atomic E-state index is -5.43. The third-order valence-electron chi connectivity index (χ3n) is 12.2. The predicted octanol–water partition coefficient (Wildman–Crippen LogP) is 2.77. The fourth-order valence-electron chi connectivity index (χ4n) is 8.16. The lowest BCUT2D eigenvalue weighted by molar-refractivity contribution is -0.250. The maximum Gasteiger partial charge on any atom is 0.426 e. The summed E-state index contributed by atoms with van der Waals surface area (Å²) in [5.41, 5.74) is -3.44. The highest BCUT2D eigenvalue weighted by Gasteiger charge is 2.59. The van der Waals surface area contributed by atoms with Crippen molar-refractivity contribution >= 4 is 64.6 Å². The van der Waals surface area contributed by atoms with E-state index in [0.29, 0.717) is 52.6 Å². The lowest BCUT2D eigenvalue weighted by atomic mass is 9.95. The van der Waals surface area contributed by atoms with Crippen LogP contribution in [0.25, 0.3) is 0 Å². The van der Waals surface area contributed by atoms with E-state index in [9.17, 15) is 56.2 Å². The lowest BCUT2D eigenvalue weighted by Crippen LogP contribution is -2.64. The van der Waals surface area contributed by atoms with Crippen LogP contribution < -0.4 is 16.0 Å². The van der Waals surface area contributed by atoms with E-state index in [1.807, 2.05) is 13.8 Å². The monoisotopic (exact) mass is 919 g/mol. The highest BCUT2D eigenvalue weighted by Crippen LogP contribution is 2.37. The molecule has 5 rings (SSSR count). The summed E-state index contributed by atoms with van der Waals surface area (Å²) in [6.07, 6.45) is -5.93. The molecule has 3 saturated heterocycles. The number of likely N-dealkylation sites (N-methyl/N-ethyl adjacent to an activating group) is 2. The smallest absolute Gasteiger partial charge is 0.373 e. The first kappa shape index (κ1) is 48.8. The van der Waals surface area contributed by atoms with Crippen molar-refractivity contribution in [3.63, 3.8) is 0 Å². The number of halogens is 6. The van der Waals surface area contributed by atoms with Gasteiger partial charge in [0, 0.05) is 50.1 Å². The van der Waals surface area contributed by atoms with Crippen molar-refractivity contribution in [2.45, 2.75) is 133 Å². The normalized spacial score (nSPS) is 27.1. The number of hydrogen-bond acceptors (Lipinski definition) is 8. The molecule has 0 bridgehead atoms. The van der Waals surface area contributed by atoms with E-state index in [1.165, 1.54) is 23.9 Å². The van der Waals surface area contributed by atoms with Crippen LogP contribution in [-0.4, -0.2) is 154 Å². The minimum Gasteiger partial charge on any atom is -0.373 e. The van der Waals surface area contributed by atoms with Crippen molar-refractivity contribution in [1.29, 1.82) is 0 Å². The number of nitrogens with one attached hydrogen (secondary N) is 3. The SMILES string of the molecule is CC(C)C[C@@H]1NC(=O)[C@@H](N(C)C(=O)[C@@H](NC(=O)[C@@H]2C[C@@H](F)CN2C(=O)[C@@](C)(O)C(F)(F)F)C2CC2)CCCCNC(=O)[C@H]2CCN2C(=O)[C@H](Cc2cc(Cl)ccc2Cl)N(C)C1=O. The molecule has 0 radical (unpaired) electrons. The van der Waals surface area contributed by atoms with Crippen LogP contribution in [0.4, 0.5) is 17.6 Å². The summed E-state index contributed by atoms with van der Waals surface area (Å²) >= 11 is 12.8. The van der Waals surface area contributed by atoms with Crippen molar-refractivity contribution < 1.29 is 56.2 Å². The molecule has 3 heterocycles. The topological polar surface area (TPSA) is 189 Å². The van der Waals surface area contributed by atoms with Crippen LogP contribution in [0.2, 0.25) is 10.0 Å². The molecule has 1 saturated carbocycles. The fraction of sp³-hybridized carbons (Fsp3) is 0.683. The van der Waals surface area contributed by atoms with E-state index >= 15 is 0 Å². The van der Waals surface area contributed by atoms with Crippen molar-refractivity contribution in [1.82, 2.24) is 35.6 Å². The standard InChI is InChI=1S/C41H55Cl2F4N7O8/c1-21(2)16-27-36(58)52(5)31(18-23-17-24(42)11-12-26(23)43)37(59)53-15-13-29(53)33(55)48-14-7-6-8-28(34(56)49-27)51(4)38(60)32(22-9-10-22)50-35(57)30-19-25(44)20-54(30)39(61)40(3,62)41(45,46)47/h11-12,17,21-22,25,27-32,62H,6-10,13-16,18-20H2,1-5H3,(H,48,55)(H,49,56)(H,50,57)/t25-,27+,28+,29-,30+,31+,32+,40-/m1/s1. The molecule has 344 valence electrons. The van der Waals surface area contributed by atoms with E-state index in [4.69, 9.17) is 23.2 Å². The lowest BCUT2D eigenvalue weighted by Gasteiger charge is -2.43. The van der Waals surface area contributed by atoms with Gasteiger partial charge in [0.2, 0.25) is 41.0 Å². The van der Waals surface area contributed by atoms with E-state index < -0.39 is 114 Å². The Hall–Kier alpha value is -4.23. The number of rotatable bonds is 10. The van der Waals surface area contributed by atoms with Gasteiger partial charge in [0.05, 0.1) is 6.54 Å². The van der Waals surface area contributed by atoms with Gasteiger partial charge in [-0.1, -0.05) is 37.0 Å². The van der Waals surface area contributed by atoms with Gasteiger partial charge in [-0.05, 0) is 87.5 Å². The Morgan fingerprint density at radius 1 is 1.02 bits per heavy atom. The minimum absolute atomic E-state index is 0.0403. The summed E-state index contributed by atoms with van der Waals surface area (Å²) in [5.74, 6) is -6.63. The number of hydrogen-bond donors (Lipinski definition) is 4. The second-order valence-corrected chi connectivity index (χ2v) is 18.2. The Morgan fingerprint density at radius 2 is 1.69 bits per heavy atom. The van der Waals surface area contributed by atoms with Crippen LogP contribution in [0.3, 0.4) is 0 Å². The van der Waals surface area contributed by atoms with Crippen LogP contribution >= 0.6 is 23.2 Å². The molecule has 21 heteroatoms. The van der Waals surface area contributed by atoms with E-state index in [2.05, 4.69) is 16.0 Å². The third-order valence-corrected chi connectivity index (χ3v) is 12.8. The molecule has 1 aliphatic carbocycles. The quantitative estimate of drug-likeness (QED) is 0.258. The summed E-state index contributed by atoms with van der Waals surface area (Å²) in [4.78, 5) is 101. The molecule has 62 heavy (non-hydrogen) atoms. The first-order valence-corrected chi connectivity index (χ1v) is 21.6. The Labute approximate surface area is 367 Å². The summed E-state index contributed by atoms with van der Waals surface area (Å²) in [7, 11) is 2.75. The summed E-state index contributed by atoms with van der Waals surface area (Å²) in [6, 6.07) is -2.77. The molecular formula is C41H55Cl2F4N7O8. The van der Waals surface area contributed by atoms with E-state index in [1.54, 1.807) is 18.2 Å². The van der Waals surface area contributed by atoms with Gasteiger partial charge in [-0.3, -0.25) is 33.6 Å². The van der Waals surface area contributed by atoms with Gasteiger partial charge in [-0.15, -0.1) is 0 Å². The van der Waals surface area contributed by atoms with Gasteiger partial charge in [0.1, 0.15) is 42.4 Å². The Kier molecular flexibility index (Phi) is 15.5. The largest absolute Gasteiger partial charge is 0.426 e. The van der Waals surface area contributed by atoms with Gasteiger partial charge in [-0.25, -0.2) is 4.39 Å². The van der Waals surface area contributed by atoms with Gasteiger partial charge in [0.25, 0.3) is 5.91 Å². The number of benzene rings is 1. The maximum atomic E-state index is 14.6. The van der Waals surface area contributed by atoms with Crippen molar-refractivity contribution in [2.24, 2.45) is 11.8 Å². The number of fused-ring (bicyclic) bond motifs is 1. The number of nitrogens with zero attached hydrogens (tertiary/aromatic N) is 4. The number of aliphatic hydroxyl groups is 1. The van der Waals surface area contributed by atoms with Gasteiger partial charge in [-0.2, -0.15) is 13.2 Å². The number of alkyl halides is 4. The number of carbonyl (C=O) groups is 7. The Bertz CT molecular complexity index is 1900. The van der Waals surface area contributed by atoms with Gasteiger partial charge < -0.3 is 40.7 Å². The Balaban J connectivity index is 1.42. The van der Waals surface area contributed by atoms with E-state index in [-0.39, 0.29) is 45.2 Å². The molecule has 3 aliphatic heterocycles. The fourth-order valence-corrected chi connectivity index (χ4v) is 8.55. The molecule has 4 N–H and O–H groups in total. The average molecular weight is 921 g/mol. The van der Waals surface area contributed by atoms with Gasteiger partial charge in [0.15, 0.2) is 0 Å². The van der Waals surface area contributed by atoms with Crippen LogP contribution in [0.5, 0.6) is 0 Å². The molecule has 8 atom stereocenters. The molecule has 0 aromatic heterocycles. The van der Waals surface area contributed by atoms with Crippen LogP contribution in [-0.2, 0) is 40.0 Å². The number of carbonyl (C=O) groups excluding carboxylic acids is 7. The first-order chi connectivity index (χ1) is 28.9. The zero-order valence-electron chi connectivity index (χ0n) is 35.3. The van der Waals surface area contributed by atoms with E-state index in [0.717, 1.165) is 4.90 Å². The van der Waals surface area contributed by atoms with Crippen molar-refractivity contribution in [2.75, 3.05) is 33.7 Å². The van der Waals surface area contributed by atoms with Crippen LogP contribution in [0.1, 0.15) is 77.7 Å². The van der Waals surface area contributed by atoms with Gasteiger partial charge >= 0.3 is 6.18 Å². The second kappa shape index (κ2) is 19.7. The van der Waals surface area contributed by atoms with Crippen molar-refractivity contribution in [3.8, 4) is 0 Å². The Morgan fingerprint density at radius 3 is 2.29 bits per heavy atom. The molecule has 15 nitrogen and oxygen atoms in total. The predicted molar refractivity (Wildman–Crippen MR) is 218 cm³/mol. The van der Waals surface area contributed by atoms with Crippen LogP contribution in [0, 0.1) is 11.8 Å². The highest BCUT2D eigenvalue weighted by atomic mass is 35.5. The highest BCUT2D eigenvalue weighted by molar-refractivity contribution is 6.33. The zero-order valence-corrected chi connectivity index (χ0v) is 36.8. The second-order valence-electron chi connectivity index (χ2n) is 17.4. The molecule has 4 aliphatic rings. The third kappa shape index (κ3) is 10.9. The molecule has 0 unspecified atom stereocenters. The molecule has 1 aromatic carbocycles.